The molecule has 5 rings (SSSR count). The third-order valence-electron chi connectivity index (χ3n) is 7.60. The quantitative estimate of drug-likeness (QED) is 0.197. The van der Waals surface area contributed by atoms with E-state index in [-0.39, 0.29) is 36.9 Å². The molecule has 1 N–H and O–H groups in total. The normalized spacial score (nSPS) is 13.2. The average Bonchev–Trinajstić information content (AvgIpc) is 3.80. The summed E-state index contributed by atoms with van der Waals surface area (Å²) in [5, 5.41) is 16.6. The van der Waals surface area contributed by atoms with Crippen LogP contribution in [0.2, 0.25) is 0 Å². The van der Waals surface area contributed by atoms with E-state index < -0.39 is 38.1 Å². The van der Waals surface area contributed by atoms with Crippen molar-refractivity contribution in [3.05, 3.63) is 101 Å². The van der Waals surface area contributed by atoms with E-state index in [1.165, 1.54) is 45.5 Å². The summed E-state index contributed by atoms with van der Waals surface area (Å²) in [7, 11) is -4.76. The van der Waals surface area contributed by atoms with Crippen LogP contribution in [0, 0.1) is 17.1 Å². The van der Waals surface area contributed by atoms with Gasteiger partial charge in [-0.15, -0.1) is 11.3 Å². The van der Waals surface area contributed by atoms with Gasteiger partial charge in [-0.1, -0.05) is 39.0 Å². The number of hydrogen-bond donors (Lipinski definition) is 1. The van der Waals surface area contributed by atoms with Crippen molar-refractivity contribution in [2.24, 2.45) is 0 Å². The van der Waals surface area contributed by atoms with Crippen LogP contribution in [0.25, 0.3) is 11.0 Å². The fourth-order valence-electron chi connectivity index (χ4n) is 5.34. The smallest absolute Gasteiger partial charge is 0.267 e. The molecule has 0 aliphatic heterocycles. The maximum Gasteiger partial charge on any atom is 0.267 e. The Bertz CT molecular complexity index is 2010. The lowest BCUT2D eigenvalue weighted by atomic mass is 9.84. The Morgan fingerprint density at radius 2 is 1.91 bits per heavy atom. The number of furan rings is 1. The molecule has 238 valence electrons. The van der Waals surface area contributed by atoms with E-state index in [1.54, 1.807) is 42.0 Å². The highest BCUT2D eigenvalue weighted by molar-refractivity contribution is 7.90. The maximum absolute atomic E-state index is 14.8. The molecular formula is C32H31FN6O5S2. The molecule has 2 amide bonds. The van der Waals surface area contributed by atoms with E-state index in [1.807, 2.05) is 31.6 Å². The van der Waals surface area contributed by atoms with Gasteiger partial charge < -0.3 is 9.32 Å². The van der Waals surface area contributed by atoms with Crippen molar-refractivity contribution in [2.75, 3.05) is 0 Å². The van der Waals surface area contributed by atoms with Crippen LogP contribution in [0.4, 0.5) is 4.39 Å². The lowest BCUT2D eigenvalue weighted by molar-refractivity contribution is -0.132. The number of nitrogens with zero attached hydrogens (tertiary/aromatic N) is 5. The summed E-state index contributed by atoms with van der Waals surface area (Å²) in [6.45, 7) is 5.50. The lowest BCUT2D eigenvalue weighted by Gasteiger charge is -2.42. The number of carbonyl (C=O) groups is 2. The molecule has 3 aromatic heterocycles. The molecule has 2 aromatic carbocycles. The van der Waals surface area contributed by atoms with Crippen LogP contribution < -0.4 is 4.72 Å². The van der Waals surface area contributed by atoms with Crippen molar-refractivity contribution in [3.63, 3.8) is 0 Å². The minimum atomic E-state index is -4.76. The highest BCUT2D eigenvalue weighted by atomic mass is 32.2. The second-order valence-corrected chi connectivity index (χ2v) is 14.3. The average molecular weight is 663 g/mol. The Morgan fingerprint density at radius 1 is 1.13 bits per heavy atom. The van der Waals surface area contributed by atoms with E-state index in [2.05, 4.69) is 10.1 Å². The van der Waals surface area contributed by atoms with Gasteiger partial charge in [0.05, 0.1) is 31.0 Å². The van der Waals surface area contributed by atoms with Gasteiger partial charge in [0.1, 0.15) is 26.8 Å². The van der Waals surface area contributed by atoms with E-state index in [9.17, 15) is 27.7 Å². The summed E-state index contributed by atoms with van der Waals surface area (Å²) in [5.41, 5.74) is -0.803. The van der Waals surface area contributed by atoms with Crippen molar-refractivity contribution < 1.29 is 26.8 Å². The Kier molecular flexibility index (Phi) is 9.09. The fraction of sp³-hybridized carbons (Fsp3) is 0.281. The number of aromatic nitrogens is 3. The summed E-state index contributed by atoms with van der Waals surface area (Å²) in [4.78, 5) is 34.2. The van der Waals surface area contributed by atoms with Crippen LogP contribution >= 0.6 is 11.3 Å². The first kappa shape index (κ1) is 32.5. The zero-order valence-corrected chi connectivity index (χ0v) is 26.9. The van der Waals surface area contributed by atoms with Gasteiger partial charge in [0, 0.05) is 41.3 Å². The number of rotatable bonds is 11. The lowest BCUT2D eigenvalue weighted by Crippen LogP contribution is -2.63. The third kappa shape index (κ3) is 6.42. The predicted molar refractivity (Wildman–Crippen MR) is 168 cm³/mol. The van der Waals surface area contributed by atoms with Crippen molar-refractivity contribution >= 4 is 44.1 Å². The molecule has 46 heavy (non-hydrogen) atoms. The zero-order valence-electron chi connectivity index (χ0n) is 25.3. The molecule has 0 bridgehead atoms. The topological polar surface area (TPSA) is 151 Å². The Labute approximate surface area is 269 Å². The molecule has 14 heteroatoms. The molecule has 0 spiro atoms. The van der Waals surface area contributed by atoms with Gasteiger partial charge >= 0.3 is 0 Å². The van der Waals surface area contributed by atoms with Crippen molar-refractivity contribution in [1.29, 1.82) is 5.26 Å². The summed E-state index contributed by atoms with van der Waals surface area (Å²) in [6, 6.07) is 13.3. The molecule has 0 radical (unpaired) electrons. The first-order valence-electron chi connectivity index (χ1n) is 14.2. The summed E-state index contributed by atoms with van der Waals surface area (Å²) in [6.07, 6.45) is 5.52. The number of nitrogens with one attached hydrogen (secondary N) is 1. The number of fused-ring (bicyclic) bond motifs is 1. The molecule has 5 aromatic rings. The van der Waals surface area contributed by atoms with Crippen LogP contribution in [-0.2, 0) is 33.3 Å². The number of benzene rings is 2. The van der Waals surface area contributed by atoms with Gasteiger partial charge in [-0.25, -0.2) is 22.5 Å². The van der Waals surface area contributed by atoms with E-state index in [0.29, 0.717) is 16.0 Å². The first-order chi connectivity index (χ1) is 21.9. The number of thiazole rings is 1. The largest absolute Gasteiger partial charge is 0.464 e. The standard InChI is InChI=1S/C32H31FN6O5S2/c1-31(2,3)24-11-10-23(22-12-18-44-28(22)24)29(40)39(20-27-35-16-19-45-27)32(13-6-14-34,21-38-17-7-15-36-38)30(41)37-46(42,43)26-9-5-4-8-25(26)33/h4-5,7-12,15-19H,6,13,20-21H2,1-3H3,(H,37,41). The summed E-state index contributed by atoms with van der Waals surface area (Å²) in [5.74, 6) is -2.83. The second kappa shape index (κ2) is 12.9. The summed E-state index contributed by atoms with van der Waals surface area (Å²) >= 11 is 1.24. The molecule has 0 fully saturated rings. The fourth-order valence-corrected chi connectivity index (χ4v) is 7.07. The van der Waals surface area contributed by atoms with Crippen LogP contribution in [0.3, 0.4) is 0 Å². The number of carbonyl (C=O) groups excluding carboxylic acids is 2. The molecular weight excluding hydrogens is 632 g/mol. The molecule has 3 heterocycles. The minimum absolute atomic E-state index is 0.194. The molecule has 1 unspecified atom stereocenters. The van der Waals surface area contributed by atoms with Gasteiger partial charge in [0.25, 0.3) is 21.8 Å². The van der Waals surface area contributed by atoms with Gasteiger partial charge in [0.2, 0.25) is 0 Å². The minimum Gasteiger partial charge on any atom is -0.464 e. The number of sulfonamides is 1. The molecule has 0 aliphatic carbocycles. The van der Waals surface area contributed by atoms with Crippen molar-refractivity contribution in [3.8, 4) is 6.07 Å². The van der Waals surface area contributed by atoms with Gasteiger partial charge in [-0.2, -0.15) is 10.4 Å². The predicted octanol–water partition coefficient (Wildman–Crippen LogP) is 5.41. The monoisotopic (exact) mass is 662 g/mol. The second-order valence-electron chi connectivity index (χ2n) is 11.6. The zero-order chi connectivity index (χ0) is 33.1. The highest BCUT2D eigenvalue weighted by Crippen LogP contribution is 2.36. The van der Waals surface area contributed by atoms with E-state index in [4.69, 9.17) is 4.42 Å². The third-order valence-corrected chi connectivity index (χ3v) is 9.73. The Hall–Kier alpha value is -4.87. The van der Waals surface area contributed by atoms with Crippen LogP contribution in [-0.4, -0.2) is 45.4 Å². The first-order valence-corrected chi connectivity index (χ1v) is 16.6. The highest BCUT2D eigenvalue weighted by Gasteiger charge is 2.49. The van der Waals surface area contributed by atoms with Crippen LogP contribution in [0.15, 0.2) is 88.1 Å². The molecule has 11 nitrogen and oxygen atoms in total. The Balaban J connectivity index is 1.72. The van der Waals surface area contributed by atoms with Crippen LogP contribution in [0.1, 0.15) is 54.5 Å². The van der Waals surface area contributed by atoms with Gasteiger partial charge in [-0.05, 0) is 42.2 Å². The van der Waals surface area contributed by atoms with Crippen LogP contribution in [0.5, 0.6) is 0 Å². The van der Waals surface area contributed by atoms with Gasteiger partial charge in [0.15, 0.2) is 0 Å². The number of halogens is 1. The molecule has 0 saturated carbocycles. The molecule has 0 aliphatic rings. The Morgan fingerprint density at radius 3 is 2.57 bits per heavy atom. The number of hydrogen-bond acceptors (Lipinski definition) is 9. The summed E-state index contributed by atoms with van der Waals surface area (Å²) < 4.78 is 50.8. The van der Waals surface area contributed by atoms with Crippen molar-refractivity contribution in [1.82, 2.24) is 24.4 Å². The van der Waals surface area contributed by atoms with E-state index in [0.717, 1.165) is 17.7 Å². The SMILES string of the molecule is CC(C)(C)c1ccc(C(=O)N(Cc2nccs2)C(CCC#N)(Cn2cccn2)C(=O)NS(=O)(=O)c2ccccc2F)c2ccoc12. The number of nitriles is 1. The van der Waals surface area contributed by atoms with E-state index >= 15 is 0 Å². The molecule has 0 saturated heterocycles. The number of amides is 2. The molecule has 1 atom stereocenters. The maximum atomic E-state index is 14.8. The van der Waals surface area contributed by atoms with Crippen molar-refractivity contribution in [2.45, 2.75) is 62.6 Å². The van der Waals surface area contributed by atoms with Gasteiger partial charge in [-0.3, -0.25) is 14.3 Å².